The third kappa shape index (κ3) is 4.39. The van der Waals surface area contributed by atoms with Crippen LogP contribution >= 0.6 is 0 Å². The van der Waals surface area contributed by atoms with Crippen LogP contribution in [0.15, 0.2) is 176 Å². The molecule has 0 unspecified atom stereocenters. The van der Waals surface area contributed by atoms with E-state index in [1.165, 1.54) is 0 Å². The van der Waals surface area contributed by atoms with Crippen LogP contribution in [-0.4, -0.2) is 42.9 Å². The Kier molecular flexibility index (Phi) is 6.43. The van der Waals surface area contributed by atoms with Gasteiger partial charge in [-0.2, -0.15) is 9.97 Å². The third-order valence-corrected chi connectivity index (χ3v) is 10.6. The smallest absolute Gasteiger partial charge is 0.241 e. The van der Waals surface area contributed by atoms with Crippen LogP contribution in [0.1, 0.15) is 0 Å². The normalized spacial score (nSPS) is 11.9. The highest BCUT2D eigenvalue weighted by atomic mass is 15.3. The summed E-state index contributed by atoms with van der Waals surface area (Å²) in [5.41, 5.74) is 12.9. The molecule has 5 aromatic heterocycles. The van der Waals surface area contributed by atoms with Crippen molar-refractivity contribution in [2.45, 2.75) is 0 Å². The molecule has 0 N–H and O–H groups in total. The summed E-state index contributed by atoms with van der Waals surface area (Å²) in [6, 6.07) is 60.2. The highest BCUT2D eigenvalue weighted by Crippen LogP contribution is 2.40. The Bertz CT molecular complexity index is 3410. The van der Waals surface area contributed by atoms with E-state index in [9.17, 15) is 0 Å². The molecule has 0 saturated carbocycles. The van der Waals surface area contributed by atoms with E-state index in [-0.39, 0.29) is 0 Å². The third-order valence-electron chi connectivity index (χ3n) is 10.6. The van der Waals surface area contributed by atoms with Crippen LogP contribution in [-0.2, 0) is 0 Å². The Labute approximate surface area is 319 Å². The van der Waals surface area contributed by atoms with E-state index >= 15 is 0 Å². The summed E-state index contributed by atoms with van der Waals surface area (Å²) in [5.74, 6) is 3.23. The fourth-order valence-electron chi connectivity index (χ4n) is 8.24. The maximum atomic E-state index is 5.26. The monoisotopic (exact) mass is 719 g/mol. The zero-order chi connectivity index (χ0) is 36.7. The van der Waals surface area contributed by atoms with Crippen molar-refractivity contribution in [2.75, 3.05) is 0 Å². The Hall–Kier alpha value is -7.91. The minimum atomic E-state index is 0.488. The van der Waals surface area contributed by atoms with Crippen LogP contribution in [0.4, 0.5) is 0 Å². The number of hydrogen-bond donors (Lipinski definition) is 0. The lowest BCUT2D eigenvalue weighted by atomic mass is 10.0. The molecule has 9 nitrogen and oxygen atoms in total. The van der Waals surface area contributed by atoms with Crippen LogP contribution in [0.2, 0.25) is 0 Å². The number of fused-ring (bicyclic) bond motifs is 10. The lowest BCUT2D eigenvalue weighted by Crippen LogP contribution is -2.07. The molecule has 0 amide bonds. The standard InChI is InChI=1S/C47H29N9/c1-4-16-30(17-5-1)43-50-44(31-18-6-2-7-19-31)52-45(51-43)56-40-29-15-23-34(42(40)55-38-27-13-11-25-36(38)49-47(55)56)33-22-14-28-39-41(33)54-37-26-12-10-24-35(37)48-46(54)53(39)32-20-8-3-9-21-32/h1-29H. The fourth-order valence-corrected chi connectivity index (χ4v) is 8.24. The molecule has 0 fully saturated rings. The summed E-state index contributed by atoms with van der Waals surface area (Å²) < 4.78 is 8.89. The molecular formula is C47H29N9. The van der Waals surface area contributed by atoms with Gasteiger partial charge in [0.05, 0.1) is 44.1 Å². The van der Waals surface area contributed by atoms with Crippen molar-refractivity contribution in [1.82, 2.24) is 42.9 Å². The molecule has 0 bridgehead atoms. The van der Waals surface area contributed by atoms with E-state index in [0.29, 0.717) is 23.4 Å². The predicted octanol–water partition coefficient (Wildman–Crippen LogP) is 10.4. The number of hydrogen-bond acceptors (Lipinski definition) is 5. The van der Waals surface area contributed by atoms with Crippen molar-refractivity contribution in [3.63, 3.8) is 0 Å². The predicted molar refractivity (Wildman–Crippen MR) is 222 cm³/mol. The largest absolute Gasteiger partial charge is 0.278 e. The molecule has 0 saturated heterocycles. The van der Waals surface area contributed by atoms with E-state index in [4.69, 9.17) is 24.9 Å². The van der Waals surface area contributed by atoms with E-state index in [1.807, 2.05) is 78.9 Å². The Morgan fingerprint density at radius 3 is 1.29 bits per heavy atom. The minimum Gasteiger partial charge on any atom is -0.278 e. The molecule has 0 radical (unpaired) electrons. The first-order valence-electron chi connectivity index (χ1n) is 18.5. The van der Waals surface area contributed by atoms with Gasteiger partial charge in [0.1, 0.15) is 0 Å². The van der Waals surface area contributed by atoms with Gasteiger partial charge in [-0.05, 0) is 48.5 Å². The van der Waals surface area contributed by atoms with Crippen LogP contribution < -0.4 is 0 Å². The molecule has 9 heteroatoms. The van der Waals surface area contributed by atoms with Crippen molar-refractivity contribution < 1.29 is 0 Å². The van der Waals surface area contributed by atoms with Gasteiger partial charge in [0.15, 0.2) is 11.6 Å². The van der Waals surface area contributed by atoms with Gasteiger partial charge in [-0.15, -0.1) is 0 Å². The first-order chi connectivity index (χ1) is 27.8. The highest BCUT2D eigenvalue weighted by molar-refractivity contribution is 6.07. The van der Waals surface area contributed by atoms with Gasteiger partial charge in [0.2, 0.25) is 17.5 Å². The zero-order valence-electron chi connectivity index (χ0n) is 29.8. The summed E-state index contributed by atoms with van der Waals surface area (Å²) in [6.07, 6.45) is 0. The molecule has 0 spiro atoms. The second-order valence-electron chi connectivity index (χ2n) is 13.8. The van der Waals surface area contributed by atoms with Gasteiger partial charge in [-0.25, -0.2) is 19.5 Å². The Morgan fingerprint density at radius 2 is 0.750 bits per heavy atom. The zero-order valence-corrected chi connectivity index (χ0v) is 29.8. The van der Waals surface area contributed by atoms with Crippen LogP contribution in [0.3, 0.4) is 0 Å². The number of benzene rings is 7. The molecule has 7 aromatic carbocycles. The average Bonchev–Trinajstić information content (AvgIpc) is 4.00. The van der Waals surface area contributed by atoms with Crippen LogP contribution in [0.25, 0.3) is 101 Å². The quantitative estimate of drug-likeness (QED) is 0.177. The van der Waals surface area contributed by atoms with Crippen molar-refractivity contribution in [3.05, 3.63) is 176 Å². The number of nitrogens with zero attached hydrogens (tertiary/aromatic N) is 9. The maximum Gasteiger partial charge on any atom is 0.241 e. The molecule has 0 aliphatic rings. The average molecular weight is 720 g/mol. The summed E-state index contributed by atoms with van der Waals surface area (Å²) in [5, 5.41) is 0. The molecule has 0 aliphatic carbocycles. The topological polar surface area (TPSA) is 83.1 Å². The number of para-hydroxylation sites is 7. The second kappa shape index (κ2) is 11.8. The molecule has 5 heterocycles. The van der Waals surface area contributed by atoms with E-state index < -0.39 is 0 Å². The van der Waals surface area contributed by atoms with E-state index in [0.717, 1.165) is 77.9 Å². The van der Waals surface area contributed by atoms with Gasteiger partial charge >= 0.3 is 0 Å². The van der Waals surface area contributed by atoms with Crippen molar-refractivity contribution in [1.29, 1.82) is 0 Å². The second-order valence-corrected chi connectivity index (χ2v) is 13.8. The summed E-state index contributed by atoms with van der Waals surface area (Å²) in [7, 11) is 0. The number of imidazole rings is 4. The Morgan fingerprint density at radius 1 is 0.321 bits per heavy atom. The highest BCUT2D eigenvalue weighted by Gasteiger charge is 2.26. The van der Waals surface area contributed by atoms with Gasteiger partial charge in [-0.1, -0.05) is 127 Å². The first kappa shape index (κ1) is 30.5. The number of rotatable bonds is 5. The van der Waals surface area contributed by atoms with Crippen molar-refractivity contribution in [2.24, 2.45) is 0 Å². The molecule has 12 aromatic rings. The summed E-state index contributed by atoms with van der Waals surface area (Å²) in [4.78, 5) is 25.8. The summed E-state index contributed by atoms with van der Waals surface area (Å²) >= 11 is 0. The lowest BCUT2D eigenvalue weighted by molar-refractivity contribution is 0.937. The fraction of sp³-hybridized carbons (Fsp3) is 0. The molecule has 0 aliphatic heterocycles. The molecular weight excluding hydrogens is 691 g/mol. The van der Waals surface area contributed by atoms with Crippen LogP contribution in [0, 0.1) is 0 Å². The van der Waals surface area contributed by atoms with E-state index in [2.05, 4.69) is 115 Å². The number of aromatic nitrogens is 9. The molecule has 12 rings (SSSR count). The minimum absolute atomic E-state index is 0.488. The van der Waals surface area contributed by atoms with Gasteiger partial charge in [0.25, 0.3) is 0 Å². The van der Waals surface area contributed by atoms with Crippen LogP contribution in [0.5, 0.6) is 0 Å². The lowest BCUT2D eigenvalue weighted by Gasteiger charge is -2.11. The molecule has 56 heavy (non-hydrogen) atoms. The van der Waals surface area contributed by atoms with Gasteiger partial charge in [-0.3, -0.25) is 13.4 Å². The van der Waals surface area contributed by atoms with Gasteiger partial charge < -0.3 is 0 Å². The first-order valence-corrected chi connectivity index (χ1v) is 18.5. The molecule has 262 valence electrons. The maximum absolute atomic E-state index is 5.26. The van der Waals surface area contributed by atoms with Crippen molar-refractivity contribution >= 4 is 55.7 Å². The Balaban J connectivity index is 1.22. The SMILES string of the molecule is c1ccc(-c2nc(-c3ccccc3)nc(-n3c4cccc(-c5cccc6c5n5c7ccccc7nc5n6-c5ccccc5)c4n4c5ccccc5nc34)n2)cc1. The summed E-state index contributed by atoms with van der Waals surface area (Å²) in [6.45, 7) is 0. The van der Waals surface area contributed by atoms with Gasteiger partial charge in [0, 0.05) is 27.9 Å². The molecule has 0 atom stereocenters. The van der Waals surface area contributed by atoms with E-state index in [1.54, 1.807) is 0 Å². The van der Waals surface area contributed by atoms with Crippen molar-refractivity contribution in [3.8, 4) is 45.5 Å².